The number of phenols is 1. The topological polar surface area (TPSA) is 20.2 Å². The van der Waals surface area contributed by atoms with Crippen molar-refractivity contribution in [3.05, 3.63) is 29.3 Å². The van der Waals surface area contributed by atoms with E-state index < -0.39 is 0 Å². The van der Waals surface area contributed by atoms with Gasteiger partial charge in [-0.15, -0.1) is 0 Å². The van der Waals surface area contributed by atoms with Crippen molar-refractivity contribution in [3.63, 3.8) is 0 Å². The quantitative estimate of drug-likeness (QED) is 0.735. The van der Waals surface area contributed by atoms with Gasteiger partial charge in [-0.25, -0.2) is 0 Å². The lowest BCUT2D eigenvalue weighted by molar-refractivity contribution is 0.445. The Hall–Kier alpha value is -0.980. The zero-order valence-corrected chi connectivity index (χ0v) is 8.83. The van der Waals surface area contributed by atoms with Crippen molar-refractivity contribution in [1.29, 1.82) is 0 Å². The fraction of sp³-hybridized carbons (Fsp3) is 0.500. The summed E-state index contributed by atoms with van der Waals surface area (Å²) in [5.41, 5.74) is 2.27. The Balaban J connectivity index is 3.05. The number of aromatic hydroxyl groups is 1. The summed E-state index contributed by atoms with van der Waals surface area (Å²) in [6.45, 7) is 8.55. The molecule has 0 aliphatic heterocycles. The molecule has 0 bridgehead atoms. The third-order valence-corrected chi connectivity index (χ3v) is 2.67. The fourth-order valence-corrected chi connectivity index (χ4v) is 1.40. The minimum Gasteiger partial charge on any atom is -0.508 e. The zero-order chi connectivity index (χ0) is 10.0. The van der Waals surface area contributed by atoms with Gasteiger partial charge in [-0.2, -0.15) is 0 Å². The monoisotopic (exact) mass is 178 g/mol. The van der Waals surface area contributed by atoms with Gasteiger partial charge in [-0.05, 0) is 30.4 Å². The SMILES string of the molecule is Cc1ccc(O)c(C(C)C(C)C)c1. The van der Waals surface area contributed by atoms with Gasteiger partial charge in [0.05, 0.1) is 0 Å². The summed E-state index contributed by atoms with van der Waals surface area (Å²) in [7, 11) is 0. The van der Waals surface area contributed by atoms with Crippen molar-refractivity contribution < 1.29 is 5.11 Å². The summed E-state index contributed by atoms with van der Waals surface area (Å²) in [6.07, 6.45) is 0. The minimum absolute atomic E-state index is 0.417. The molecule has 0 aliphatic carbocycles. The highest BCUT2D eigenvalue weighted by Gasteiger charge is 2.13. The van der Waals surface area contributed by atoms with Gasteiger partial charge in [0.15, 0.2) is 0 Å². The molecule has 0 radical (unpaired) electrons. The Kier molecular flexibility index (Phi) is 2.97. The van der Waals surface area contributed by atoms with Crippen LogP contribution in [0.15, 0.2) is 18.2 Å². The van der Waals surface area contributed by atoms with Crippen molar-refractivity contribution >= 4 is 0 Å². The van der Waals surface area contributed by atoms with Crippen molar-refractivity contribution in [2.75, 3.05) is 0 Å². The molecule has 1 N–H and O–H groups in total. The molecule has 0 amide bonds. The first-order valence-corrected chi connectivity index (χ1v) is 4.82. The van der Waals surface area contributed by atoms with Crippen LogP contribution in [-0.4, -0.2) is 5.11 Å². The second-order valence-electron chi connectivity index (χ2n) is 4.09. The molecule has 0 fully saturated rings. The molecule has 0 aromatic heterocycles. The number of hydrogen-bond donors (Lipinski definition) is 1. The highest BCUT2D eigenvalue weighted by atomic mass is 16.3. The standard InChI is InChI=1S/C12H18O/c1-8(2)10(4)11-7-9(3)5-6-12(11)13/h5-8,10,13H,1-4H3. The van der Waals surface area contributed by atoms with Gasteiger partial charge < -0.3 is 5.11 Å². The van der Waals surface area contributed by atoms with Crippen molar-refractivity contribution in [3.8, 4) is 5.75 Å². The maximum atomic E-state index is 9.65. The van der Waals surface area contributed by atoms with Gasteiger partial charge in [-0.1, -0.05) is 38.5 Å². The van der Waals surface area contributed by atoms with Crippen LogP contribution < -0.4 is 0 Å². The average molecular weight is 178 g/mol. The van der Waals surface area contributed by atoms with Crippen LogP contribution in [0, 0.1) is 12.8 Å². The minimum atomic E-state index is 0.417. The molecule has 0 saturated carbocycles. The molecule has 1 unspecified atom stereocenters. The largest absolute Gasteiger partial charge is 0.508 e. The summed E-state index contributed by atoms with van der Waals surface area (Å²) in [6, 6.07) is 5.79. The van der Waals surface area contributed by atoms with Crippen LogP contribution in [0.5, 0.6) is 5.75 Å². The predicted molar refractivity (Wildman–Crippen MR) is 56.1 cm³/mol. The molecule has 1 aromatic carbocycles. The number of rotatable bonds is 2. The normalized spacial score (nSPS) is 13.3. The molecule has 1 nitrogen and oxygen atoms in total. The van der Waals surface area contributed by atoms with Gasteiger partial charge >= 0.3 is 0 Å². The fourth-order valence-electron chi connectivity index (χ4n) is 1.40. The lowest BCUT2D eigenvalue weighted by Crippen LogP contribution is -2.02. The van der Waals surface area contributed by atoms with Gasteiger partial charge in [0, 0.05) is 0 Å². The van der Waals surface area contributed by atoms with E-state index in [1.807, 2.05) is 6.07 Å². The van der Waals surface area contributed by atoms with Crippen LogP contribution in [0.3, 0.4) is 0 Å². The van der Waals surface area contributed by atoms with Crippen LogP contribution in [0.1, 0.15) is 37.8 Å². The van der Waals surface area contributed by atoms with E-state index in [9.17, 15) is 5.11 Å². The third kappa shape index (κ3) is 2.24. The summed E-state index contributed by atoms with van der Waals surface area (Å²) < 4.78 is 0. The van der Waals surface area contributed by atoms with E-state index in [2.05, 4.69) is 33.8 Å². The summed E-state index contributed by atoms with van der Waals surface area (Å²) in [4.78, 5) is 0. The second kappa shape index (κ2) is 3.82. The van der Waals surface area contributed by atoms with Crippen molar-refractivity contribution in [2.24, 2.45) is 5.92 Å². The first-order chi connectivity index (χ1) is 6.02. The van der Waals surface area contributed by atoms with Crippen molar-refractivity contribution in [1.82, 2.24) is 0 Å². The number of aryl methyl sites for hydroxylation is 1. The van der Waals surface area contributed by atoms with E-state index in [1.165, 1.54) is 5.56 Å². The molecule has 1 heteroatoms. The first-order valence-electron chi connectivity index (χ1n) is 4.82. The van der Waals surface area contributed by atoms with Crippen LogP contribution in [0.25, 0.3) is 0 Å². The smallest absolute Gasteiger partial charge is 0.119 e. The first kappa shape index (κ1) is 10.1. The zero-order valence-electron chi connectivity index (χ0n) is 8.83. The maximum absolute atomic E-state index is 9.65. The van der Waals surface area contributed by atoms with Crippen LogP contribution >= 0.6 is 0 Å². The highest BCUT2D eigenvalue weighted by molar-refractivity contribution is 5.38. The second-order valence-corrected chi connectivity index (χ2v) is 4.09. The number of hydrogen-bond acceptors (Lipinski definition) is 1. The molecule has 0 saturated heterocycles. The van der Waals surface area contributed by atoms with E-state index in [4.69, 9.17) is 0 Å². The van der Waals surface area contributed by atoms with Gasteiger partial charge in [0.1, 0.15) is 5.75 Å². The molecule has 72 valence electrons. The Morgan fingerprint density at radius 2 is 1.77 bits per heavy atom. The highest BCUT2D eigenvalue weighted by Crippen LogP contribution is 2.31. The summed E-state index contributed by atoms with van der Waals surface area (Å²) >= 11 is 0. The van der Waals surface area contributed by atoms with Gasteiger partial charge in [0.2, 0.25) is 0 Å². The van der Waals surface area contributed by atoms with Gasteiger partial charge in [-0.3, -0.25) is 0 Å². The molecule has 0 aliphatic rings. The molecule has 0 heterocycles. The van der Waals surface area contributed by atoms with E-state index in [-0.39, 0.29) is 0 Å². The average Bonchev–Trinajstić information content (AvgIpc) is 2.08. The Labute approximate surface area is 80.4 Å². The molecule has 13 heavy (non-hydrogen) atoms. The number of benzene rings is 1. The molecule has 1 atom stereocenters. The molecule has 1 aromatic rings. The van der Waals surface area contributed by atoms with E-state index in [1.54, 1.807) is 6.07 Å². The summed E-state index contributed by atoms with van der Waals surface area (Å²) in [5, 5.41) is 9.65. The van der Waals surface area contributed by atoms with Crippen LogP contribution in [0.4, 0.5) is 0 Å². The predicted octanol–water partition coefficient (Wildman–Crippen LogP) is 3.46. The molecule has 0 spiro atoms. The Morgan fingerprint density at radius 3 is 2.31 bits per heavy atom. The van der Waals surface area contributed by atoms with Crippen molar-refractivity contribution in [2.45, 2.75) is 33.6 Å². The number of phenolic OH excluding ortho intramolecular Hbond substituents is 1. The Bertz CT molecular complexity index is 289. The van der Waals surface area contributed by atoms with E-state index in [0.29, 0.717) is 17.6 Å². The molecular formula is C12H18O. The Morgan fingerprint density at radius 1 is 1.15 bits per heavy atom. The summed E-state index contributed by atoms with van der Waals surface area (Å²) in [5.74, 6) is 1.40. The van der Waals surface area contributed by atoms with Crippen LogP contribution in [-0.2, 0) is 0 Å². The van der Waals surface area contributed by atoms with E-state index >= 15 is 0 Å². The van der Waals surface area contributed by atoms with Crippen LogP contribution in [0.2, 0.25) is 0 Å². The lowest BCUT2D eigenvalue weighted by Gasteiger charge is -2.17. The molecular weight excluding hydrogens is 160 g/mol. The van der Waals surface area contributed by atoms with E-state index in [0.717, 1.165) is 5.56 Å². The third-order valence-electron chi connectivity index (χ3n) is 2.67. The molecule has 1 rings (SSSR count). The maximum Gasteiger partial charge on any atom is 0.119 e. The lowest BCUT2D eigenvalue weighted by atomic mass is 9.89. The van der Waals surface area contributed by atoms with Gasteiger partial charge in [0.25, 0.3) is 0 Å².